The van der Waals surface area contributed by atoms with E-state index in [-0.39, 0.29) is 17.3 Å². The minimum atomic E-state index is -3.59. The van der Waals surface area contributed by atoms with Crippen LogP contribution in [0.2, 0.25) is 0 Å². The van der Waals surface area contributed by atoms with E-state index in [1.54, 1.807) is 17.0 Å². The smallest absolute Gasteiger partial charge is 0.258 e. The molecule has 0 saturated heterocycles. The largest absolute Gasteiger partial charge is 0.308 e. The van der Waals surface area contributed by atoms with Gasteiger partial charge in [0.15, 0.2) is 0 Å². The summed E-state index contributed by atoms with van der Waals surface area (Å²) in [6, 6.07) is 11.9. The van der Waals surface area contributed by atoms with Crippen LogP contribution in [-0.2, 0) is 16.4 Å². The number of benzene rings is 2. The number of anilines is 1. The first kappa shape index (κ1) is 18.8. The summed E-state index contributed by atoms with van der Waals surface area (Å²) in [4.78, 5) is 14.8. The number of rotatable bonds is 5. The van der Waals surface area contributed by atoms with Crippen LogP contribution in [0.3, 0.4) is 0 Å². The van der Waals surface area contributed by atoms with Crippen molar-refractivity contribution in [3.05, 3.63) is 70.7 Å². The van der Waals surface area contributed by atoms with E-state index in [4.69, 9.17) is 0 Å². The van der Waals surface area contributed by atoms with Crippen molar-refractivity contribution in [1.29, 1.82) is 0 Å². The number of halogens is 1. The van der Waals surface area contributed by atoms with Gasteiger partial charge in [-0.15, -0.1) is 6.58 Å². The van der Waals surface area contributed by atoms with Crippen LogP contribution in [-0.4, -0.2) is 27.4 Å². The zero-order valence-electron chi connectivity index (χ0n) is 14.1. The fourth-order valence-electron chi connectivity index (χ4n) is 2.96. The van der Waals surface area contributed by atoms with Gasteiger partial charge in [-0.1, -0.05) is 22.0 Å². The standard InChI is InChI=1S/C19H19BrN2O3S/c1-2-11-21-26(24,25)17-8-5-14(6-9-17)19(23)22-12-3-4-15-13-16(20)7-10-18(15)22/h2,5-10,13,21H,1,3-4,11-12H2. The Morgan fingerprint density at radius 1 is 1.23 bits per heavy atom. The van der Waals surface area contributed by atoms with E-state index in [0.717, 1.165) is 28.6 Å². The van der Waals surface area contributed by atoms with Crippen molar-refractivity contribution in [3.63, 3.8) is 0 Å². The van der Waals surface area contributed by atoms with Gasteiger partial charge in [0.2, 0.25) is 10.0 Å². The van der Waals surface area contributed by atoms with E-state index in [0.29, 0.717) is 12.1 Å². The summed E-state index contributed by atoms with van der Waals surface area (Å²) in [5.74, 6) is -0.128. The van der Waals surface area contributed by atoms with Gasteiger partial charge in [-0.25, -0.2) is 13.1 Å². The third-order valence-corrected chi connectivity index (χ3v) is 6.17. The number of sulfonamides is 1. The molecule has 0 radical (unpaired) electrons. The quantitative estimate of drug-likeness (QED) is 0.732. The van der Waals surface area contributed by atoms with E-state index in [1.807, 2.05) is 18.2 Å². The average molecular weight is 435 g/mol. The number of nitrogens with one attached hydrogen (secondary N) is 1. The Kier molecular flexibility index (Phi) is 5.60. The normalized spacial score (nSPS) is 14.0. The topological polar surface area (TPSA) is 66.5 Å². The van der Waals surface area contributed by atoms with Gasteiger partial charge >= 0.3 is 0 Å². The van der Waals surface area contributed by atoms with Crippen molar-refractivity contribution in [1.82, 2.24) is 4.72 Å². The van der Waals surface area contributed by atoms with Crippen LogP contribution in [0.15, 0.2) is 64.5 Å². The molecule has 2 aromatic carbocycles. The lowest BCUT2D eigenvalue weighted by molar-refractivity contribution is 0.0985. The molecular weight excluding hydrogens is 416 g/mol. The van der Waals surface area contributed by atoms with Crippen LogP contribution in [0.1, 0.15) is 22.3 Å². The average Bonchev–Trinajstić information content (AvgIpc) is 2.65. The van der Waals surface area contributed by atoms with Crippen LogP contribution < -0.4 is 9.62 Å². The number of nitrogens with zero attached hydrogens (tertiary/aromatic N) is 1. The number of amides is 1. The maximum absolute atomic E-state index is 12.9. The first-order chi connectivity index (χ1) is 12.4. The molecule has 1 aliphatic rings. The second-order valence-electron chi connectivity index (χ2n) is 6.00. The molecule has 2 aromatic rings. The van der Waals surface area contributed by atoms with Gasteiger partial charge in [-0.3, -0.25) is 4.79 Å². The van der Waals surface area contributed by atoms with E-state index >= 15 is 0 Å². The minimum absolute atomic E-state index is 0.124. The second kappa shape index (κ2) is 7.73. The molecule has 0 aromatic heterocycles. The fraction of sp³-hybridized carbons (Fsp3) is 0.211. The molecule has 1 N–H and O–H groups in total. The molecule has 1 amide bonds. The van der Waals surface area contributed by atoms with Crippen LogP contribution >= 0.6 is 15.9 Å². The summed E-state index contributed by atoms with van der Waals surface area (Å²) in [5.41, 5.74) is 2.50. The van der Waals surface area contributed by atoms with E-state index in [1.165, 1.54) is 18.2 Å². The lowest BCUT2D eigenvalue weighted by Crippen LogP contribution is -2.35. The fourth-order valence-corrected chi connectivity index (χ4v) is 4.37. The molecule has 1 aliphatic heterocycles. The van der Waals surface area contributed by atoms with Crippen LogP contribution in [0, 0.1) is 0 Å². The molecule has 1 heterocycles. The molecule has 5 nitrogen and oxygen atoms in total. The Balaban J connectivity index is 1.85. The molecule has 136 valence electrons. The van der Waals surface area contributed by atoms with E-state index in [9.17, 15) is 13.2 Å². The first-order valence-electron chi connectivity index (χ1n) is 8.23. The third-order valence-electron chi connectivity index (χ3n) is 4.23. The summed E-state index contributed by atoms with van der Waals surface area (Å²) in [5, 5.41) is 0. The number of fused-ring (bicyclic) bond motifs is 1. The highest BCUT2D eigenvalue weighted by atomic mass is 79.9. The number of carbonyl (C=O) groups excluding carboxylic acids is 1. The molecule has 0 fully saturated rings. The summed E-state index contributed by atoms with van der Waals surface area (Å²) < 4.78 is 27.6. The molecular formula is C19H19BrN2O3S. The number of hydrogen-bond acceptors (Lipinski definition) is 3. The summed E-state index contributed by atoms with van der Waals surface area (Å²) in [6.07, 6.45) is 3.30. The van der Waals surface area contributed by atoms with E-state index < -0.39 is 10.0 Å². The maximum Gasteiger partial charge on any atom is 0.258 e. The summed E-state index contributed by atoms with van der Waals surface area (Å²) in [7, 11) is -3.59. The third kappa shape index (κ3) is 3.90. The van der Waals surface area contributed by atoms with Crippen LogP contribution in [0.4, 0.5) is 5.69 Å². The lowest BCUT2D eigenvalue weighted by atomic mass is 10.0. The Morgan fingerprint density at radius 2 is 1.96 bits per heavy atom. The Morgan fingerprint density at radius 3 is 2.65 bits per heavy atom. The number of hydrogen-bond donors (Lipinski definition) is 1. The maximum atomic E-state index is 12.9. The van der Waals surface area contributed by atoms with Gasteiger partial charge < -0.3 is 4.90 Å². The van der Waals surface area contributed by atoms with Crippen molar-refractivity contribution in [2.24, 2.45) is 0 Å². The first-order valence-corrected chi connectivity index (χ1v) is 10.5. The van der Waals surface area contributed by atoms with Crippen molar-refractivity contribution in [2.45, 2.75) is 17.7 Å². The zero-order valence-corrected chi connectivity index (χ0v) is 16.5. The second-order valence-corrected chi connectivity index (χ2v) is 8.68. The molecule has 0 aliphatic carbocycles. The van der Waals surface area contributed by atoms with Crippen molar-refractivity contribution in [3.8, 4) is 0 Å². The zero-order chi connectivity index (χ0) is 18.7. The summed E-state index contributed by atoms with van der Waals surface area (Å²) >= 11 is 3.46. The molecule has 0 saturated carbocycles. The molecule has 7 heteroatoms. The molecule has 0 unspecified atom stereocenters. The number of aryl methyl sites for hydroxylation is 1. The monoisotopic (exact) mass is 434 g/mol. The highest BCUT2D eigenvalue weighted by molar-refractivity contribution is 9.10. The van der Waals surface area contributed by atoms with Gasteiger partial charge in [0.1, 0.15) is 0 Å². The van der Waals surface area contributed by atoms with Gasteiger partial charge in [-0.2, -0.15) is 0 Å². The lowest BCUT2D eigenvalue weighted by Gasteiger charge is -2.29. The van der Waals surface area contributed by atoms with E-state index in [2.05, 4.69) is 27.2 Å². The Hall–Kier alpha value is -1.96. The van der Waals surface area contributed by atoms with Gasteiger partial charge in [0.05, 0.1) is 4.90 Å². The molecule has 0 bridgehead atoms. The van der Waals surface area contributed by atoms with Crippen molar-refractivity contribution in [2.75, 3.05) is 18.0 Å². The molecule has 26 heavy (non-hydrogen) atoms. The molecule has 0 spiro atoms. The SMILES string of the molecule is C=CCNS(=O)(=O)c1ccc(C(=O)N2CCCc3cc(Br)ccc32)cc1. The van der Waals surface area contributed by atoms with Gasteiger partial charge in [-0.05, 0) is 60.9 Å². The van der Waals surface area contributed by atoms with Crippen LogP contribution in [0.5, 0.6) is 0 Å². The minimum Gasteiger partial charge on any atom is -0.308 e. The highest BCUT2D eigenvalue weighted by Crippen LogP contribution is 2.31. The number of carbonyl (C=O) groups is 1. The van der Waals surface area contributed by atoms with Crippen molar-refractivity contribution < 1.29 is 13.2 Å². The van der Waals surface area contributed by atoms with Crippen molar-refractivity contribution >= 4 is 37.5 Å². The van der Waals surface area contributed by atoms with Gasteiger partial charge in [0, 0.05) is 28.8 Å². The predicted octanol–water partition coefficient (Wildman–Crippen LogP) is 3.51. The Labute approximate surface area is 161 Å². The van der Waals surface area contributed by atoms with Crippen LogP contribution in [0.25, 0.3) is 0 Å². The molecule has 3 rings (SSSR count). The molecule has 0 atom stereocenters. The highest BCUT2D eigenvalue weighted by Gasteiger charge is 2.24. The van der Waals surface area contributed by atoms with Gasteiger partial charge in [0.25, 0.3) is 5.91 Å². The Bertz CT molecular complexity index is 940. The summed E-state index contributed by atoms with van der Waals surface area (Å²) in [6.45, 7) is 4.29. The predicted molar refractivity (Wildman–Crippen MR) is 106 cm³/mol.